The predicted molar refractivity (Wildman–Crippen MR) is 57.7 cm³/mol. The first-order valence-corrected chi connectivity index (χ1v) is 5.40. The van der Waals surface area contributed by atoms with Crippen LogP contribution in [0.15, 0.2) is 5.10 Å². The van der Waals surface area contributed by atoms with Gasteiger partial charge in [-0.3, -0.25) is 9.80 Å². The second-order valence-electron chi connectivity index (χ2n) is 3.17. The van der Waals surface area contributed by atoms with Gasteiger partial charge in [0.25, 0.3) is 0 Å². The molecule has 0 aliphatic heterocycles. The number of hydrogen-bond acceptors (Lipinski definition) is 4. The predicted octanol–water partition coefficient (Wildman–Crippen LogP) is 2.20. The summed E-state index contributed by atoms with van der Waals surface area (Å²) in [5.74, 6) is -0.921. The number of halogens is 3. The number of carbonyl (C=O) groups is 1. The fourth-order valence-electron chi connectivity index (χ4n) is 1.08. The first-order chi connectivity index (χ1) is 7.85. The molecule has 0 aliphatic rings. The van der Waals surface area contributed by atoms with Crippen molar-refractivity contribution in [2.24, 2.45) is 5.10 Å². The number of hydrazone groups is 1. The molecule has 0 bridgehead atoms. The Kier molecular flexibility index (Phi) is 6.60. The van der Waals surface area contributed by atoms with Crippen LogP contribution in [0.25, 0.3) is 0 Å². The van der Waals surface area contributed by atoms with E-state index in [9.17, 15) is 18.0 Å². The molecule has 0 aromatic rings. The standard InChI is InChI=1S/C10H17F3N2O2/c1-4-15(5-2)14-8(10(11,12)13)7-9(16)17-6-3/h4-7H2,1-3H3/b14-8+. The molecule has 0 spiro atoms. The monoisotopic (exact) mass is 254 g/mol. The maximum absolute atomic E-state index is 12.6. The van der Waals surface area contributed by atoms with Crippen molar-refractivity contribution in [1.29, 1.82) is 0 Å². The van der Waals surface area contributed by atoms with Crippen LogP contribution in [-0.4, -0.2) is 42.6 Å². The highest BCUT2D eigenvalue weighted by Gasteiger charge is 2.38. The number of rotatable bonds is 6. The smallest absolute Gasteiger partial charge is 0.431 e. The number of nitrogens with zero attached hydrogens (tertiary/aromatic N) is 2. The molecule has 0 rings (SSSR count). The lowest BCUT2D eigenvalue weighted by Gasteiger charge is -2.18. The number of hydrogen-bond donors (Lipinski definition) is 0. The van der Waals surface area contributed by atoms with Crippen molar-refractivity contribution in [2.45, 2.75) is 33.4 Å². The fraction of sp³-hybridized carbons (Fsp3) is 0.800. The van der Waals surface area contributed by atoms with Gasteiger partial charge in [0.15, 0.2) is 5.71 Å². The molecule has 0 aliphatic carbocycles. The summed E-state index contributed by atoms with van der Waals surface area (Å²) in [6.45, 7) is 5.65. The molecule has 0 fully saturated rings. The summed E-state index contributed by atoms with van der Waals surface area (Å²) in [6, 6.07) is 0. The Bertz CT molecular complexity index is 273. The Hall–Kier alpha value is -1.27. The van der Waals surface area contributed by atoms with Gasteiger partial charge in [0.2, 0.25) is 0 Å². The first-order valence-electron chi connectivity index (χ1n) is 5.40. The molecule has 4 nitrogen and oxygen atoms in total. The molecule has 0 saturated carbocycles. The topological polar surface area (TPSA) is 41.9 Å². The minimum Gasteiger partial charge on any atom is -0.466 e. The Morgan fingerprint density at radius 2 is 1.76 bits per heavy atom. The van der Waals surface area contributed by atoms with E-state index >= 15 is 0 Å². The van der Waals surface area contributed by atoms with Crippen LogP contribution in [0, 0.1) is 0 Å². The first kappa shape index (κ1) is 15.7. The van der Waals surface area contributed by atoms with Crippen molar-refractivity contribution in [3.8, 4) is 0 Å². The van der Waals surface area contributed by atoms with Crippen molar-refractivity contribution >= 4 is 11.7 Å². The normalized spacial score (nSPS) is 12.5. The van der Waals surface area contributed by atoms with E-state index in [1.54, 1.807) is 13.8 Å². The number of esters is 1. The van der Waals surface area contributed by atoms with E-state index in [-0.39, 0.29) is 6.61 Å². The van der Waals surface area contributed by atoms with Crippen LogP contribution < -0.4 is 0 Å². The zero-order chi connectivity index (χ0) is 13.5. The van der Waals surface area contributed by atoms with Gasteiger partial charge in [0.05, 0.1) is 13.0 Å². The number of alkyl halides is 3. The minimum atomic E-state index is -4.62. The lowest BCUT2D eigenvalue weighted by molar-refractivity contribution is -0.142. The van der Waals surface area contributed by atoms with Crippen molar-refractivity contribution in [2.75, 3.05) is 19.7 Å². The summed E-state index contributed by atoms with van der Waals surface area (Å²) in [4.78, 5) is 11.0. The summed E-state index contributed by atoms with van der Waals surface area (Å²) in [5.41, 5.74) is -1.13. The molecular formula is C10H17F3N2O2. The average molecular weight is 254 g/mol. The van der Waals surface area contributed by atoms with Gasteiger partial charge in [0, 0.05) is 13.1 Å². The van der Waals surface area contributed by atoms with Gasteiger partial charge in [-0.1, -0.05) is 0 Å². The summed E-state index contributed by atoms with van der Waals surface area (Å²) >= 11 is 0. The van der Waals surface area contributed by atoms with E-state index in [4.69, 9.17) is 0 Å². The molecule has 0 heterocycles. The SMILES string of the molecule is CCOC(=O)C/C(=N\N(CC)CC)C(F)(F)F. The Balaban J connectivity index is 4.83. The van der Waals surface area contributed by atoms with E-state index in [0.29, 0.717) is 13.1 Å². The summed E-state index contributed by atoms with van der Waals surface area (Å²) in [5, 5.41) is 4.67. The molecular weight excluding hydrogens is 237 g/mol. The third-order valence-electron chi connectivity index (χ3n) is 1.94. The zero-order valence-electron chi connectivity index (χ0n) is 10.2. The molecule has 0 N–H and O–H groups in total. The van der Waals surface area contributed by atoms with Crippen LogP contribution >= 0.6 is 0 Å². The third kappa shape index (κ3) is 6.13. The molecule has 0 amide bonds. The van der Waals surface area contributed by atoms with Crippen LogP contribution in [0.2, 0.25) is 0 Å². The molecule has 17 heavy (non-hydrogen) atoms. The van der Waals surface area contributed by atoms with Crippen LogP contribution in [0.1, 0.15) is 27.2 Å². The summed E-state index contributed by atoms with van der Waals surface area (Å²) in [7, 11) is 0. The van der Waals surface area contributed by atoms with E-state index in [0.717, 1.165) is 0 Å². The fourth-order valence-corrected chi connectivity index (χ4v) is 1.08. The lowest BCUT2D eigenvalue weighted by Crippen LogP contribution is -2.30. The van der Waals surface area contributed by atoms with Crippen LogP contribution in [0.3, 0.4) is 0 Å². The van der Waals surface area contributed by atoms with Crippen molar-refractivity contribution < 1.29 is 22.7 Å². The van der Waals surface area contributed by atoms with E-state index < -0.39 is 24.3 Å². The molecule has 0 atom stereocenters. The molecule has 0 unspecified atom stereocenters. The third-order valence-corrected chi connectivity index (χ3v) is 1.94. The minimum absolute atomic E-state index is 0.0508. The second kappa shape index (κ2) is 7.13. The molecule has 0 aromatic carbocycles. The molecule has 0 aromatic heterocycles. The molecule has 7 heteroatoms. The van der Waals surface area contributed by atoms with Gasteiger partial charge < -0.3 is 4.74 Å². The van der Waals surface area contributed by atoms with Gasteiger partial charge in [-0.25, -0.2) is 0 Å². The van der Waals surface area contributed by atoms with Crippen LogP contribution in [-0.2, 0) is 9.53 Å². The van der Waals surface area contributed by atoms with Gasteiger partial charge in [-0.05, 0) is 20.8 Å². The molecule has 0 saturated heterocycles. The Morgan fingerprint density at radius 3 is 2.12 bits per heavy atom. The largest absolute Gasteiger partial charge is 0.466 e. The number of ether oxygens (including phenoxy) is 1. The molecule has 0 radical (unpaired) electrons. The Morgan fingerprint density at radius 1 is 1.24 bits per heavy atom. The number of carbonyl (C=O) groups excluding carboxylic acids is 1. The van der Waals surface area contributed by atoms with Crippen molar-refractivity contribution in [1.82, 2.24) is 5.01 Å². The van der Waals surface area contributed by atoms with Crippen molar-refractivity contribution in [3.63, 3.8) is 0 Å². The van der Waals surface area contributed by atoms with Gasteiger partial charge in [-0.2, -0.15) is 18.3 Å². The highest BCUT2D eigenvalue weighted by molar-refractivity contribution is 6.02. The lowest BCUT2D eigenvalue weighted by atomic mass is 10.2. The second-order valence-corrected chi connectivity index (χ2v) is 3.17. The average Bonchev–Trinajstić information content (AvgIpc) is 2.23. The van der Waals surface area contributed by atoms with Crippen molar-refractivity contribution in [3.05, 3.63) is 0 Å². The summed E-state index contributed by atoms with van der Waals surface area (Å²) < 4.78 is 42.2. The maximum atomic E-state index is 12.6. The Labute approximate surface area is 98.4 Å². The maximum Gasteiger partial charge on any atom is 0.431 e. The van der Waals surface area contributed by atoms with Gasteiger partial charge in [-0.15, -0.1) is 0 Å². The van der Waals surface area contributed by atoms with E-state index in [1.807, 2.05) is 0 Å². The van der Waals surface area contributed by atoms with Crippen LogP contribution in [0.4, 0.5) is 13.2 Å². The summed E-state index contributed by atoms with van der Waals surface area (Å²) in [6.07, 6.45) is -5.47. The highest BCUT2D eigenvalue weighted by Crippen LogP contribution is 2.20. The quantitative estimate of drug-likeness (QED) is 0.414. The van der Waals surface area contributed by atoms with Crippen LogP contribution in [0.5, 0.6) is 0 Å². The highest BCUT2D eigenvalue weighted by atomic mass is 19.4. The molecule has 100 valence electrons. The van der Waals surface area contributed by atoms with E-state index in [1.165, 1.54) is 11.9 Å². The van der Waals surface area contributed by atoms with Gasteiger partial charge in [0.1, 0.15) is 0 Å². The zero-order valence-corrected chi connectivity index (χ0v) is 10.2. The van der Waals surface area contributed by atoms with Gasteiger partial charge >= 0.3 is 12.1 Å². The van der Waals surface area contributed by atoms with E-state index in [2.05, 4.69) is 9.84 Å².